The molecule has 0 unspecified atom stereocenters. The Morgan fingerprint density at radius 1 is 1.12 bits per heavy atom. The van der Waals surface area contributed by atoms with Crippen LogP contribution in [0.1, 0.15) is 25.3 Å². The molecule has 26 heavy (non-hydrogen) atoms. The summed E-state index contributed by atoms with van der Waals surface area (Å²) in [5, 5.41) is 2.93. The number of likely N-dealkylation sites (N-methyl/N-ethyl adjacent to an activating group) is 1. The van der Waals surface area contributed by atoms with Crippen molar-refractivity contribution in [1.82, 2.24) is 24.3 Å². The average molecular weight is 357 g/mol. The van der Waals surface area contributed by atoms with E-state index in [0.717, 1.165) is 57.5 Å². The Hall–Kier alpha value is -2.12. The Bertz CT molecular complexity index is 843. The zero-order chi connectivity index (χ0) is 18.1. The van der Waals surface area contributed by atoms with Gasteiger partial charge in [0.2, 0.25) is 0 Å². The van der Waals surface area contributed by atoms with Gasteiger partial charge in [-0.15, -0.1) is 0 Å². The molecule has 1 aliphatic heterocycles. The van der Waals surface area contributed by atoms with Gasteiger partial charge in [0.15, 0.2) is 0 Å². The molecule has 1 saturated heterocycles. The van der Waals surface area contributed by atoms with Gasteiger partial charge in [-0.3, -0.25) is 4.57 Å². The molecule has 140 valence electrons. The summed E-state index contributed by atoms with van der Waals surface area (Å²) in [5.74, 6) is 0. The van der Waals surface area contributed by atoms with Gasteiger partial charge in [-0.25, -0.2) is 14.2 Å². The Morgan fingerprint density at radius 2 is 1.81 bits per heavy atom. The van der Waals surface area contributed by atoms with Crippen molar-refractivity contribution in [3.8, 4) is 0 Å². The third-order valence-electron chi connectivity index (χ3n) is 5.42. The second-order valence-electron chi connectivity index (χ2n) is 7.44. The van der Waals surface area contributed by atoms with Crippen LogP contribution in [0, 0.1) is 0 Å². The van der Waals surface area contributed by atoms with Crippen LogP contribution >= 0.6 is 0 Å². The topological polar surface area (TPSA) is 62.5 Å². The number of nitrogens with zero attached hydrogens (tertiary/aromatic N) is 4. The molecule has 1 aromatic carbocycles. The summed E-state index contributed by atoms with van der Waals surface area (Å²) >= 11 is 0. The first-order valence-corrected chi connectivity index (χ1v) is 9.56. The highest BCUT2D eigenvalue weighted by molar-refractivity contribution is 5.89. The number of amides is 1. The van der Waals surface area contributed by atoms with E-state index in [4.69, 9.17) is 0 Å². The van der Waals surface area contributed by atoms with Crippen LogP contribution in [0.15, 0.2) is 29.1 Å². The Morgan fingerprint density at radius 3 is 2.50 bits per heavy atom. The van der Waals surface area contributed by atoms with Crippen LogP contribution < -0.4 is 11.0 Å². The number of imidazole rings is 1. The van der Waals surface area contributed by atoms with Gasteiger partial charge in [-0.05, 0) is 45.0 Å². The first-order chi connectivity index (χ1) is 12.6. The van der Waals surface area contributed by atoms with Crippen molar-refractivity contribution in [2.75, 3.05) is 46.3 Å². The SMILES string of the molecule is CN1CCN(CCCNC(=O)n2c(=O)n(C3CC3)c3ccccc32)CC1. The Balaban J connectivity index is 1.39. The number of hydrogen-bond donors (Lipinski definition) is 1. The molecular formula is C19H27N5O2. The Kier molecular flexibility index (Phi) is 4.82. The molecule has 0 bridgehead atoms. The fourth-order valence-electron chi connectivity index (χ4n) is 3.70. The van der Waals surface area contributed by atoms with Gasteiger partial charge in [0, 0.05) is 38.8 Å². The van der Waals surface area contributed by atoms with Gasteiger partial charge in [-0.1, -0.05) is 12.1 Å². The number of fused-ring (bicyclic) bond motifs is 1. The molecule has 1 amide bonds. The van der Waals surface area contributed by atoms with Crippen molar-refractivity contribution < 1.29 is 4.79 Å². The minimum atomic E-state index is -0.316. The van der Waals surface area contributed by atoms with E-state index in [0.29, 0.717) is 12.1 Å². The van der Waals surface area contributed by atoms with Gasteiger partial charge in [-0.2, -0.15) is 0 Å². The van der Waals surface area contributed by atoms with E-state index >= 15 is 0 Å². The van der Waals surface area contributed by atoms with Crippen molar-refractivity contribution in [3.05, 3.63) is 34.7 Å². The second-order valence-corrected chi connectivity index (χ2v) is 7.44. The third kappa shape index (κ3) is 3.41. The van der Waals surface area contributed by atoms with Crippen LogP contribution in [0.3, 0.4) is 0 Å². The fourth-order valence-corrected chi connectivity index (χ4v) is 3.70. The molecule has 2 heterocycles. The van der Waals surface area contributed by atoms with Crippen molar-refractivity contribution >= 4 is 17.1 Å². The van der Waals surface area contributed by atoms with Gasteiger partial charge in [0.1, 0.15) is 0 Å². The molecule has 7 heteroatoms. The highest BCUT2D eigenvalue weighted by Gasteiger charge is 2.30. The number of aromatic nitrogens is 2. The van der Waals surface area contributed by atoms with Crippen LogP contribution in [0.25, 0.3) is 11.0 Å². The number of para-hydroxylation sites is 2. The molecule has 4 rings (SSSR count). The molecule has 1 aromatic heterocycles. The molecule has 1 N–H and O–H groups in total. The second kappa shape index (κ2) is 7.25. The van der Waals surface area contributed by atoms with E-state index in [2.05, 4.69) is 22.2 Å². The lowest BCUT2D eigenvalue weighted by molar-refractivity contribution is 0.153. The molecule has 0 radical (unpaired) electrons. The summed E-state index contributed by atoms with van der Waals surface area (Å²) in [5.41, 5.74) is 1.33. The van der Waals surface area contributed by atoms with E-state index in [-0.39, 0.29) is 17.8 Å². The van der Waals surface area contributed by atoms with Crippen molar-refractivity contribution in [2.24, 2.45) is 0 Å². The normalized spacial score (nSPS) is 19.1. The lowest BCUT2D eigenvalue weighted by atomic mass is 10.3. The monoisotopic (exact) mass is 357 g/mol. The van der Waals surface area contributed by atoms with E-state index in [1.165, 1.54) is 4.57 Å². The first-order valence-electron chi connectivity index (χ1n) is 9.56. The van der Waals surface area contributed by atoms with Crippen LogP contribution in [0.2, 0.25) is 0 Å². The van der Waals surface area contributed by atoms with Crippen LogP contribution in [0.5, 0.6) is 0 Å². The van der Waals surface area contributed by atoms with Crippen LogP contribution in [0.4, 0.5) is 4.79 Å². The van der Waals surface area contributed by atoms with Gasteiger partial charge < -0.3 is 15.1 Å². The number of carbonyl (C=O) groups is 1. The zero-order valence-corrected chi connectivity index (χ0v) is 15.4. The molecule has 1 aliphatic carbocycles. The highest BCUT2D eigenvalue weighted by atomic mass is 16.2. The quantitative estimate of drug-likeness (QED) is 0.820. The molecule has 2 aliphatic rings. The summed E-state index contributed by atoms with van der Waals surface area (Å²) in [6.45, 7) is 5.93. The number of carbonyl (C=O) groups excluding carboxylic acids is 1. The number of hydrogen-bond acceptors (Lipinski definition) is 4. The minimum Gasteiger partial charge on any atom is -0.337 e. The highest BCUT2D eigenvalue weighted by Crippen LogP contribution is 2.36. The van der Waals surface area contributed by atoms with E-state index in [1.807, 2.05) is 24.3 Å². The summed E-state index contributed by atoms with van der Waals surface area (Å²) in [7, 11) is 2.15. The zero-order valence-electron chi connectivity index (χ0n) is 15.4. The predicted molar refractivity (Wildman–Crippen MR) is 102 cm³/mol. The van der Waals surface area contributed by atoms with Gasteiger partial charge >= 0.3 is 11.7 Å². The summed E-state index contributed by atoms with van der Waals surface area (Å²) < 4.78 is 3.07. The molecule has 1 saturated carbocycles. The van der Waals surface area contributed by atoms with Crippen molar-refractivity contribution in [2.45, 2.75) is 25.3 Å². The third-order valence-corrected chi connectivity index (χ3v) is 5.42. The first kappa shape index (κ1) is 17.3. The van der Waals surface area contributed by atoms with E-state index < -0.39 is 0 Å². The maximum atomic E-state index is 12.8. The standard InChI is InChI=1S/C19H27N5O2/c1-21-11-13-22(14-12-21)10-4-9-20-18(25)24-17-6-3-2-5-16(17)23(19(24)26)15-7-8-15/h2-3,5-6,15H,4,7-14H2,1H3,(H,20,25). The van der Waals surface area contributed by atoms with Crippen LogP contribution in [-0.4, -0.2) is 71.3 Å². The summed E-state index contributed by atoms with van der Waals surface area (Å²) in [4.78, 5) is 30.2. The summed E-state index contributed by atoms with van der Waals surface area (Å²) in [6, 6.07) is 7.49. The summed E-state index contributed by atoms with van der Waals surface area (Å²) in [6.07, 6.45) is 2.92. The lowest BCUT2D eigenvalue weighted by Gasteiger charge is -2.32. The molecule has 2 aromatic rings. The molecule has 7 nitrogen and oxygen atoms in total. The number of benzene rings is 1. The maximum Gasteiger partial charge on any atom is 0.337 e. The largest absolute Gasteiger partial charge is 0.337 e. The van der Waals surface area contributed by atoms with Crippen molar-refractivity contribution in [3.63, 3.8) is 0 Å². The predicted octanol–water partition coefficient (Wildman–Crippen LogP) is 1.33. The fraction of sp³-hybridized carbons (Fsp3) is 0.579. The minimum absolute atomic E-state index is 0.217. The van der Waals surface area contributed by atoms with E-state index in [9.17, 15) is 9.59 Å². The van der Waals surface area contributed by atoms with Gasteiger partial charge in [0.25, 0.3) is 0 Å². The molecular weight excluding hydrogens is 330 g/mol. The number of rotatable bonds is 5. The number of piperazine rings is 1. The smallest absolute Gasteiger partial charge is 0.337 e. The Labute approximate surface area is 153 Å². The molecule has 2 fully saturated rings. The lowest BCUT2D eigenvalue weighted by Crippen LogP contribution is -2.45. The average Bonchev–Trinajstić information content (AvgIpc) is 3.43. The van der Waals surface area contributed by atoms with Crippen LogP contribution in [-0.2, 0) is 0 Å². The van der Waals surface area contributed by atoms with Crippen molar-refractivity contribution in [1.29, 1.82) is 0 Å². The van der Waals surface area contributed by atoms with Gasteiger partial charge in [0.05, 0.1) is 11.0 Å². The molecule has 0 atom stereocenters. The maximum absolute atomic E-state index is 12.8. The van der Waals surface area contributed by atoms with E-state index in [1.54, 1.807) is 4.57 Å². The number of nitrogens with one attached hydrogen (secondary N) is 1. The molecule has 0 spiro atoms.